The van der Waals surface area contributed by atoms with Gasteiger partial charge in [-0.1, -0.05) is 20.3 Å². The lowest BCUT2D eigenvalue weighted by atomic mass is 9.90. The summed E-state index contributed by atoms with van der Waals surface area (Å²) in [6.07, 6.45) is 0.683. The third-order valence-electron chi connectivity index (χ3n) is 3.53. The second kappa shape index (κ2) is 8.21. The molecule has 20 heavy (non-hydrogen) atoms. The van der Waals surface area contributed by atoms with E-state index in [9.17, 15) is 14.7 Å². The van der Waals surface area contributed by atoms with Crippen molar-refractivity contribution in [1.82, 2.24) is 10.2 Å². The Labute approximate surface area is 121 Å². The van der Waals surface area contributed by atoms with Gasteiger partial charge in [-0.25, -0.2) is 4.79 Å². The van der Waals surface area contributed by atoms with Crippen molar-refractivity contribution in [2.45, 2.75) is 40.2 Å². The molecule has 6 nitrogen and oxygen atoms in total. The number of amides is 1. The second-order valence-electron chi connectivity index (χ2n) is 6.02. The van der Waals surface area contributed by atoms with E-state index in [1.165, 1.54) is 0 Å². The molecule has 0 saturated carbocycles. The first kappa shape index (κ1) is 18.9. The fourth-order valence-corrected chi connectivity index (χ4v) is 2.02. The van der Waals surface area contributed by atoms with Gasteiger partial charge in [0, 0.05) is 13.1 Å². The molecule has 2 unspecified atom stereocenters. The number of hydrogen-bond acceptors (Lipinski definition) is 4. The van der Waals surface area contributed by atoms with Crippen molar-refractivity contribution < 1.29 is 19.8 Å². The summed E-state index contributed by atoms with van der Waals surface area (Å²) in [5.74, 6) is -1.41. The number of carbonyl (C=O) groups excluding carboxylic acids is 1. The van der Waals surface area contributed by atoms with Crippen LogP contribution in [0.2, 0.25) is 0 Å². The number of aliphatic hydroxyl groups is 1. The number of hydrogen-bond donors (Lipinski definition) is 3. The van der Waals surface area contributed by atoms with E-state index in [1.54, 1.807) is 13.8 Å². The van der Waals surface area contributed by atoms with Gasteiger partial charge in [-0.3, -0.25) is 4.79 Å². The van der Waals surface area contributed by atoms with Crippen LogP contribution in [0, 0.1) is 11.3 Å². The number of carbonyl (C=O) groups is 2. The summed E-state index contributed by atoms with van der Waals surface area (Å²) >= 11 is 0. The predicted octanol–water partition coefficient (Wildman–Crippen LogP) is 0.552. The number of nitrogens with one attached hydrogen (secondary N) is 1. The van der Waals surface area contributed by atoms with Crippen molar-refractivity contribution in [2.75, 3.05) is 26.7 Å². The summed E-state index contributed by atoms with van der Waals surface area (Å²) in [5, 5.41) is 20.7. The Morgan fingerprint density at radius 1 is 1.35 bits per heavy atom. The quantitative estimate of drug-likeness (QED) is 0.576. The maximum atomic E-state index is 12.3. The second-order valence-corrected chi connectivity index (χ2v) is 6.02. The highest BCUT2D eigenvalue weighted by Gasteiger charge is 2.33. The van der Waals surface area contributed by atoms with Gasteiger partial charge in [-0.15, -0.1) is 0 Å². The predicted molar refractivity (Wildman–Crippen MR) is 77.4 cm³/mol. The highest BCUT2D eigenvalue weighted by molar-refractivity contribution is 5.87. The molecule has 0 aromatic rings. The van der Waals surface area contributed by atoms with Crippen LogP contribution in [0.15, 0.2) is 0 Å². The topological polar surface area (TPSA) is 89.9 Å². The minimum absolute atomic E-state index is 0.0266. The fourth-order valence-electron chi connectivity index (χ4n) is 2.02. The van der Waals surface area contributed by atoms with Crippen molar-refractivity contribution in [3.8, 4) is 0 Å². The number of nitrogens with zero attached hydrogens (tertiary/aromatic N) is 1. The maximum absolute atomic E-state index is 12.3. The Hall–Kier alpha value is -1.14. The largest absolute Gasteiger partial charge is 0.480 e. The molecule has 0 fully saturated rings. The number of rotatable bonds is 9. The van der Waals surface area contributed by atoms with E-state index in [-0.39, 0.29) is 18.4 Å². The molecule has 0 aliphatic heterocycles. The Kier molecular flexibility index (Phi) is 7.75. The standard InChI is InChI=1S/C14H28N2O4/c1-6-10(2)11(12(18)19)15-13(20)14(3,4)9-16(5)7-8-17/h10-11,17H,6-9H2,1-5H3,(H,15,20)(H,18,19). The zero-order valence-corrected chi connectivity index (χ0v) is 13.1. The van der Waals surface area contributed by atoms with Gasteiger partial charge < -0.3 is 20.4 Å². The van der Waals surface area contributed by atoms with Crippen LogP contribution >= 0.6 is 0 Å². The molecule has 2 atom stereocenters. The number of aliphatic carboxylic acids is 1. The van der Waals surface area contributed by atoms with Gasteiger partial charge in [0.1, 0.15) is 6.04 Å². The Morgan fingerprint density at radius 2 is 1.90 bits per heavy atom. The maximum Gasteiger partial charge on any atom is 0.326 e. The van der Waals surface area contributed by atoms with Crippen molar-refractivity contribution in [1.29, 1.82) is 0 Å². The summed E-state index contributed by atoms with van der Waals surface area (Å²) < 4.78 is 0. The lowest BCUT2D eigenvalue weighted by Gasteiger charge is -2.31. The van der Waals surface area contributed by atoms with Crippen LogP contribution in [0.3, 0.4) is 0 Å². The first-order valence-electron chi connectivity index (χ1n) is 6.98. The van der Waals surface area contributed by atoms with E-state index in [1.807, 2.05) is 25.8 Å². The lowest BCUT2D eigenvalue weighted by molar-refractivity contribution is -0.145. The first-order valence-corrected chi connectivity index (χ1v) is 6.98. The van der Waals surface area contributed by atoms with Gasteiger partial charge in [0.15, 0.2) is 0 Å². The van der Waals surface area contributed by atoms with Crippen molar-refractivity contribution in [3.63, 3.8) is 0 Å². The Bertz CT molecular complexity index is 331. The molecule has 0 heterocycles. The van der Waals surface area contributed by atoms with Gasteiger partial charge >= 0.3 is 5.97 Å². The highest BCUT2D eigenvalue weighted by atomic mass is 16.4. The van der Waals surface area contributed by atoms with E-state index in [0.29, 0.717) is 19.5 Å². The minimum atomic E-state index is -1.01. The molecule has 0 aliphatic carbocycles. The van der Waals surface area contributed by atoms with Crippen LogP contribution in [-0.4, -0.2) is 59.8 Å². The van der Waals surface area contributed by atoms with Gasteiger partial charge in [-0.05, 0) is 26.8 Å². The molecule has 6 heteroatoms. The molecule has 118 valence electrons. The molecule has 0 aromatic heterocycles. The van der Waals surface area contributed by atoms with Crippen LogP contribution in [0.5, 0.6) is 0 Å². The summed E-state index contributed by atoms with van der Waals surface area (Å²) in [4.78, 5) is 25.4. The average Bonchev–Trinajstić information content (AvgIpc) is 2.33. The highest BCUT2D eigenvalue weighted by Crippen LogP contribution is 2.18. The average molecular weight is 288 g/mol. The van der Waals surface area contributed by atoms with Crippen LogP contribution in [0.25, 0.3) is 0 Å². The molecule has 3 N–H and O–H groups in total. The summed E-state index contributed by atoms with van der Waals surface area (Å²) in [6, 6.07) is -0.866. The normalized spacial score (nSPS) is 14.9. The van der Waals surface area contributed by atoms with Crippen LogP contribution in [0.4, 0.5) is 0 Å². The van der Waals surface area contributed by atoms with Crippen molar-refractivity contribution in [3.05, 3.63) is 0 Å². The molecule has 0 aromatic carbocycles. The number of carboxylic acids is 1. The summed E-state index contributed by atoms with van der Waals surface area (Å²) in [6.45, 7) is 8.20. The number of carboxylic acid groups (broad SMARTS) is 1. The number of aliphatic hydroxyl groups excluding tert-OH is 1. The first-order chi connectivity index (χ1) is 9.15. The van der Waals surface area contributed by atoms with Gasteiger partial charge in [-0.2, -0.15) is 0 Å². The molecule has 0 rings (SSSR count). The SMILES string of the molecule is CCC(C)C(NC(=O)C(C)(C)CN(C)CCO)C(=O)O. The van der Waals surface area contributed by atoms with E-state index in [2.05, 4.69) is 5.32 Å². The van der Waals surface area contributed by atoms with Crippen LogP contribution in [-0.2, 0) is 9.59 Å². The minimum Gasteiger partial charge on any atom is -0.480 e. The van der Waals surface area contributed by atoms with Crippen LogP contribution in [0.1, 0.15) is 34.1 Å². The molecule has 0 radical (unpaired) electrons. The summed E-state index contributed by atoms with van der Waals surface area (Å²) in [5.41, 5.74) is -0.717. The molecule has 0 bridgehead atoms. The molecule has 0 spiro atoms. The molecule has 0 aliphatic rings. The van der Waals surface area contributed by atoms with E-state index < -0.39 is 17.4 Å². The molecule has 1 amide bonds. The van der Waals surface area contributed by atoms with Crippen molar-refractivity contribution in [2.24, 2.45) is 11.3 Å². The van der Waals surface area contributed by atoms with E-state index >= 15 is 0 Å². The van der Waals surface area contributed by atoms with Gasteiger partial charge in [0.05, 0.1) is 12.0 Å². The third kappa shape index (κ3) is 5.88. The van der Waals surface area contributed by atoms with Gasteiger partial charge in [0.2, 0.25) is 5.91 Å². The third-order valence-corrected chi connectivity index (χ3v) is 3.53. The van der Waals surface area contributed by atoms with Crippen LogP contribution < -0.4 is 5.32 Å². The van der Waals surface area contributed by atoms with Crippen molar-refractivity contribution >= 4 is 11.9 Å². The smallest absolute Gasteiger partial charge is 0.326 e. The molecule has 0 saturated heterocycles. The van der Waals surface area contributed by atoms with E-state index in [0.717, 1.165) is 0 Å². The lowest BCUT2D eigenvalue weighted by Crippen LogP contribution is -2.52. The molecular weight excluding hydrogens is 260 g/mol. The van der Waals surface area contributed by atoms with E-state index in [4.69, 9.17) is 5.11 Å². The number of likely N-dealkylation sites (N-methyl/N-ethyl adjacent to an activating group) is 1. The Balaban J connectivity index is 4.73. The fraction of sp³-hybridized carbons (Fsp3) is 0.857. The zero-order chi connectivity index (χ0) is 15.9. The zero-order valence-electron chi connectivity index (χ0n) is 13.1. The Morgan fingerprint density at radius 3 is 2.30 bits per heavy atom. The summed E-state index contributed by atoms with van der Waals surface area (Å²) in [7, 11) is 1.81. The van der Waals surface area contributed by atoms with Gasteiger partial charge in [0.25, 0.3) is 0 Å². The molecular formula is C14H28N2O4. The monoisotopic (exact) mass is 288 g/mol.